The predicted octanol–water partition coefficient (Wildman–Crippen LogP) is 3.21. The zero-order valence-electron chi connectivity index (χ0n) is 10.8. The fraction of sp³-hybridized carbons (Fsp3) is 0.500. The topological polar surface area (TPSA) is 38.8 Å². The summed E-state index contributed by atoms with van der Waals surface area (Å²) < 4.78 is 9.94. The van der Waals surface area contributed by atoms with Crippen molar-refractivity contribution in [3.05, 3.63) is 35.9 Å². The highest BCUT2D eigenvalue weighted by Crippen LogP contribution is 2.18. The van der Waals surface area contributed by atoms with Crippen LogP contribution in [0.4, 0.5) is 4.79 Å². The number of hydrogen-bond donors (Lipinski definition) is 0. The second-order valence-corrected chi connectivity index (χ2v) is 4.99. The van der Waals surface area contributed by atoms with Crippen LogP contribution in [0.5, 0.6) is 0 Å². The molecule has 19 heavy (non-hydrogen) atoms. The van der Waals surface area contributed by atoms with E-state index in [4.69, 9.17) is 16.6 Å². The molecule has 1 aliphatic heterocycles. The van der Waals surface area contributed by atoms with E-state index in [1.54, 1.807) is 4.90 Å². The minimum Gasteiger partial charge on any atom is -0.445 e. The minimum absolute atomic E-state index is 0.261. The lowest BCUT2D eigenvalue weighted by Gasteiger charge is -2.31. The highest BCUT2D eigenvalue weighted by Gasteiger charge is 2.24. The molecule has 1 saturated heterocycles. The monoisotopic (exact) mass is 283 g/mol. The highest BCUT2D eigenvalue weighted by atomic mass is 35.5. The maximum atomic E-state index is 12.0. The molecule has 1 aromatic rings. The third kappa shape index (κ3) is 4.40. The number of rotatable bonds is 4. The molecule has 1 unspecified atom stereocenters. The molecule has 1 aromatic carbocycles. The summed E-state index contributed by atoms with van der Waals surface area (Å²) in [6.07, 6.45) is 1.74. The van der Waals surface area contributed by atoms with Crippen LogP contribution in [-0.2, 0) is 15.6 Å². The SMILES string of the molecule is O=C(OCc1ccccc1)N1CCCC(COCl)C1. The van der Waals surface area contributed by atoms with Gasteiger partial charge in [-0.1, -0.05) is 30.3 Å². The number of piperidine rings is 1. The molecular formula is C14H18ClNO3. The third-order valence-electron chi connectivity index (χ3n) is 3.28. The Balaban J connectivity index is 1.79. The van der Waals surface area contributed by atoms with E-state index in [1.165, 1.54) is 0 Å². The number of ether oxygens (including phenoxy) is 1. The Morgan fingerprint density at radius 2 is 2.16 bits per heavy atom. The first-order valence-corrected chi connectivity index (χ1v) is 6.79. The Bertz CT molecular complexity index is 397. The number of carbonyl (C=O) groups is 1. The van der Waals surface area contributed by atoms with Gasteiger partial charge in [0, 0.05) is 19.0 Å². The Morgan fingerprint density at radius 1 is 1.37 bits per heavy atom. The molecule has 1 atom stereocenters. The summed E-state index contributed by atoms with van der Waals surface area (Å²) >= 11 is 5.27. The maximum absolute atomic E-state index is 12.0. The van der Waals surface area contributed by atoms with Crippen LogP contribution in [0.2, 0.25) is 0 Å². The van der Waals surface area contributed by atoms with E-state index in [1.807, 2.05) is 30.3 Å². The second-order valence-electron chi connectivity index (χ2n) is 4.77. The van der Waals surface area contributed by atoms with Gasteiger partial charge >= 0.3 is 6.09 Å². The van der Waals surface area contributed by atoms with Gasteiger partial charge in [0.2, 0.25) is 0 Å². The van der Waals surface area contributed by atoms with Crippen molar-refractivity contribution in [1.82, 2.24) is 4.90 Å². The fourth-order valence-corrected chi connectivity index (χ4v) is 2.44. The molecular weight excluding hydrogens is 266 g/mol. The Labute approximate surface area is 118 Å². The summed E-state index contributed by atoms with van der Waals surface area (Å²) in [5.41, 5.74) is 0.994. The van der Waals surface area contributed by atoms with Gasteiger partial charge in [-0.3, -0.25) is 4.29 Å². The van der Waals surface area contributed by atoms with E-state index >= 15 is 0 Å². The van der Waals surface area contributed by atoms with Crippen molar-refractivity contribution in [2.75, 3.05) is 19.7 Å². The molecule has 1 aliphatic rings. The molecule has 4 nitrogen and oxygen atoms in total. The zero-order valence-corrected chi connectivity index (χ0v) is 11.5. The van der Waals surface area contributed by atoms with Crippen molar-refractivity contribution in [1.29, 1.82) is 0 Å². The van der Waals surface area contributed by atoms with Gasteiger partial charge in [0.15, 0.2) is 0 Å². The normalized spacial score (nSPS) is 19.2. The lowest BCUT2D eigenvalue weighted by Crippen LogP contribution is -2.41. The van der Waals surface area contributed by atoms with Gasteiger partial charge < -0.3 is 9.64 Å². The van der Waals surface area contributed by atoms with Crippen LogP contribution in [0.3, 0.4) is 0 Å². The summed E-state index contributed by atoms with van der Waals surface area (Å²) in [6, 6.07) is 9.67. The van der Waals surface area contributed by atoms with E-state index < -0.39 is 0 Å². The molecule has 2 rings (SSSR count). The molecule has 5 heteroatoms. The molecule has 1 amide bonds. The smallest absolute Gasteiger partial charge is 0.410 e. The molecule has 0 saturated carbocycles. The van der Waals surface area contributed by atoms with Crippen LogP contribution in [-0.4, -0.2) is 30.7 Å². The highest BCUT2D eigenvalue weighted by molar-refractivity contribution is 6.07. The van der Waals surface area contributed by atoms with Crippen LogP contribution >= 0.6 is 11.9 Å². The number of likely N-dealkylation sites (tertiary alicyclic amines) is 1. The van der Waals surface area contributed by atoms with Gasteiger partial charge in [-0.05, 0) is 18.4 Å². The van der Waals surface area contributed by atoms with Crippen molar-refractivity contribution in [3.8, 4) is 0 Å². The van der Waals surface area contributed by atoms with Crippen molar-refractivity contribution < 1.29 is 13.8 Å². The standard InChI is InChI=1S/C14H18ClNO3/c15-19-11-13-7-4-8-16(9-13)14(17)18-10-12-5-2-1-3-6-12/h1-3,5-6,13H,4,7-11H2. The van der Waals surface area contributed by atoms with Gasteiger partial charge in [0.05, 0.1) is 18.5 Å². The van der Waals surface area contributed by atoms with E-state index in [9.17, 15) is 4.79 Å². The molecule has 0 aliphatic carbocycles. The molecule has 104 valence electrons. The second kappa shape index (κ2) is 7.36. The van der Waals surface area contributed by atoms with Crippen LogP contribution in [0.15, 0.2) is 30.3 Å². The summed E-state index contributed by atoms with van der Waals surface area (Å²) in [6.45, 7) is 2.18. The summed E-state index contributed by atoms with van der Waals surface area (Å²) in [4.78, 5) is 13.7. The van der Waals surface area contributed by atoms with Gasteiger partial charge in [-0.25, -0.2) is 4.79 Å². The average Bonchev–Trinajstić information content (AvgIpc) is 2.46. The predicted molar refractivity (Wildman–Crippen MR) is 72.7 cm³/mol. The lowest BCUT2D eigenvalue weighted by molar-refractivity contribution is 0.0719. The number of hydrogen-bond acceptors (Lipinski definition) is 3. The van der Waals surface area contributed by atoms with Crippen molar-refractivity contribution in [3.63, 3.8) is 0 Å². The molecule has 0 radical (unpaired) electrons. The number of halogens is 1. The van der Waals surface area contributed by atoms with Crippen LogP contribution < -0.4 is 0 Å². The van der Waals surface area contributed by atoms with Crippen LogP contribution in [0.1, 0.15) is 18.4 Å². The summed E-state index contributed by atoms with van der Waals surface area (Å²) in [7, 11) is 0. The van der Waals surface area contributed by atoms with Crippen LogP contribution in [0.25, 0.3) is 0 Å². The molecule has 1 fully saturated rings. The van der Waals surface area contributed by atoms with Crippen molar-refractivity contribution in [2.45, 2.75) is 19.4 Å². The number of amides is 1. The molecule has 0 aromatic heterocycles. The Morgan fingerprint density at radius 3 is 2.89 bits per heavy atom. The Kier molecular flexibility index (Phi) is 5.48. The quantitative estimate of drug-likeness (QED) is 0.852. The number of benzene rings is 1. The Hall–Kier alpha value is -1.26. The zero-order chi connectivity index (χ0) is 13.5. The molecule has 0 spiro atoms. The van der Waals surface area contributed by atoms with Gasteiger partial charge in [0.1, 0.15) is 6.61 Å². The first-order valence-electron chi connectivity index (χ1n) is 6.48. The first-order chi connectivity index (χ1) is 9.29. The molecule has 0 bridgehead atoms. The fourth-order valence-electron chi connectivity index (χ4n) is 2.27. The molecule has 1 heterocycles. The largest absolute Gasteiger partial charge is 0.445 e. The number of carbonyl (C=O) groups excluding carboxylic acids is 1. The van der Waals surface area contributed by atoms with E-state index in [0.717, 1.165) is 24.9 Å². The first kappa shape index (κ1) is 14.2. The minimum atomic E-state index is -0.261. The van der Waals surface area contributed by atoms with Gasteiger partial charge in [0.25, 0.3) is 0 Å². The van der Waals surface area contributed by atoms with Crippen molar-refractivity contribution in [2.24, 2.45) is 5.92 Å². The maximum Gasteiger partial charge on any atom is 0.410 e. The van der Waals surface area contributed by atoms with E-state index in [2.05, 4.69) is 4.29 Å². The van der Waals surface area contributed by atoms with E-state index in [-0.39, 0.29) is 6.09 Å². The lowest BCUT2D eigenvalue weighted by atomic mass is 10.00. The van der Waals surface area contributed by atoms with Crippen molar-refractivity contribution >= 4 is 18.0 Å². The summed E-state index contributed by atoms with van der Waals surface area (Å²) in [5.74, 6) is 0.301. The summed E-state index contributed by atoms with van der Waals surface area (Å²) in [5, 5.41) is 0. The average molecular weight is 284 g/mol. The molecule has 0 N–H and O–H groups in total. The number of nitrogens with zero attached hydrogens (tertiary/aromatic N) is 1. The van der Waals surface area contributed by atoms with Crippen LogP contribution in [0, 0.1) is 5.92 Å². The van der Waals surface area contributed by atoms with Gasteiger partial charge in [-0.15, -0.1) is 0 Å². The van der Waals surface area contributed by atoms with E-state index in [0.29, 0.717) is 25.7 Å². The third-order valence-corrected chi connectivity index (χ3v) is 3.41. The van der Waals surface area contributed by atoms with Gasteiger partial charge in [-0.2, -0.15) is 0 Å².